The van der Waals surface area contributed by atoms with Gasteiger partial charge in [0.25, 0.3) is 0 Å². The molecule has 1 aliphatic heterocycles. The van der Waals surface area contributed by atoms with Crippen LogP contribution in [0.3, 0.4) is 0 Å². The van der Waals surface area contributed by atoms with Crippen LogP contribution in [0.15, 0.2) is 27.6 Å². The summed E-state index contributed by atoms with van der Waals surface area (Å²) in [6, 6.07) is 3.48. The molecular formula is C16H23N5O3. The van der Waals surface area contributed by atoms with Gasteiger partial charge < -0.3 is 9.32 Å². The quantitative estimate of drug-likeness (QED) is 0.855. The molecule has 0 spiro atoms. The molecule has 0 radical (unpaired) electrons. The van der Waals surface area contributed by atoms with Gasteiger partial charge in [0, 0.05) is 20.6 Å². The van der Waals surface area contributed by atoms with Crippen molar-refractivity contribution in [2.24, 2.45) is 14.1 Å². The van der Waals surface area contributed by atoms with E-state index in [0.717, 1.165) is 25.0 Å². The zero-order valence-corrected chi connectivity index (χ0v) is 14.1. The van der Waals surface area contributed by atoms with E-state index in [2.05, 4.69) is 10.4 Å². The van der Waals surface area contributed by atoms with E-state index in [4.69, 9.17) is 4.42 Å². The van der Waals surface area contributed by atoms with Gasteiger partial charge in [-0.3, -0.25) is 14.7 Å². The number of aromatic nitrogens is 3. The summed E-state index contributed by atoms with van der Waals surface area (Å²) in [6.45, 7) is 1.56. The summed E-state index contributed by atoms with van der Waals surface area (Å²) >= 11 is 0. The van der Waals surface area contributed by atoms with Crippen molar-refractivity contribution in [1.29, 1.82) is 0 Å². The van der Waals surface area contributed by atoms with Crippen molar-refractivity contribution >= 4 is 5.91 Å². The molecule has 2 aromatic heterocycles. The van der Waals surface area contributed by atoms with E-state index in [1.165, 1.54) is 9.25 Å². The first-order valence-electron chi connectivity index (χ1n) is 8.19. The monoisotopic (exact) mass is 333 g/mol. The Morgan fingerprint density at radius 1 is 1.33 bits per heavy atom. The molecule has 1 aliphatic rings. The number of aryl methyl sites for hydroxylation is 1. The van der Waals surface area contributed by atoms with E-state index < -0.39 is 0 Å². The SMILES string of the molecule is Cn1nc(CN2CCCCC(NCc3ccco3)C2=O)n(C)c1=O. The highest BCUT2D eigenvalue weighted by molar-refractivity contribution is 5.82. The van der Waals surface area contributed by atoms with E-state index in [9.17, 15) is 9.59 Å². The number of carbonyl (C=O) groups excluding carboxylic acids is 1. The third kappa shape index (κ3) is 3.43. The van der Waals surface area contributed by atoms with Crippen LogP contribution in [-0.2, 0) is 32.0 Å². The van der Waals surface area contributed by atoms with Gasteiger partial charge in [-0.25, -0.2) is 9.48 Å². The Kier molecular flexibility index (Phi) is 4.84. The first kappa shape index (κ1) is 16.5. The molecule has 2 aromatic rings. The average Bonchev–Trinajstić information content (AvgIpc) is 3.12. The minimum Gasteiger partial charge on any atom is -0.468 e. The molecule has 1 saturated heterocycles. The maximum atomic E-state index is 12.8. The van der Waals surface area contributed by atoms with Gasteiger partial charge in [-0.1, -0.05) is 0 Å². The number of nitrogens with zero attached hydrogens (tertiary/aromatic N) is 4. The minimum atomic E-state index is -0.238. The summed E-state index contributed by atoms with van der Waals surface area (Å²) < 4.78 is 8.09. The highest BCUT2D eigenvalue weighted by Gasteiger charge is 2.28. The van der Waals surface area contributed by atoms with Gasteiger partial charge >= 0.3 is 5.69 Å². The second-order valence-corrected chi connectivity index (χ2v) is 6.15. The highest BCUT2D eigenvalue weighted by Crippen LogP contribution is 2.15. The number of carbonyl (C=O) groups is 1. The molecule has 0 aliphatic carbocycles. The van der Waals surface area contributed by atoms with Gasteiger partial charge in [-0.05, 0) is 31.4 Å². The lowest BCUT2D eigenvalue weighted by atomic mass is 10.1. The summed E-state index contributed by atoms with van der Waals surface area (Å²) in [5.74, 6) is 1.46. The Morgan fingerprint density at radius 3 is 2.83 bits per heavy atom. The number of furan rings is 1. The van der Waals surface area contributed by atoms with Gasteiger partial charge in [0.2, 0.25) is 5.91 Å². The van der Waals surface area contributed by atoms with Crippen molar-refractivity contribution in [2.45, 2.75) is 38.4 Å². The molecule has 3 heterocycles. The Morgan fingerprint density at radius 2 is 2.17 bits per heavy atom. The minimum absolute atomic E-state index is 0.0529. The molecule has 1 amide bonds. The molecule has 1 atom stereocenters. The largest absolute Gasteiger partial charge is 0.468 e. The fourth-order valence-electron chi connectivity index (χ4n) is 3.01. The Labute approximate surface area is 140 Å². The summed E-state index contributed by atoms with van der Waals surface area (Å²) in [5, 5.41) is 7.50. The molecular weight excluding hydrogens is 310 g/mol. The Bertz CT molecular complexity index is 746. The number of hydrogen-bond acceptors (Lipinski definition) is 5. The predicted molar refractivity (Wildman–Crippen MR) is 87.1 cm³/mol. The molecule has 1 unspecified atom stereocenters. The van der Waals surface area contributed by atoms with E-state index in [-0.39, 0.29) is 17.6 Å². The molecule has 8 nitrogen and oxygen atoms in total. The second-order valence-electron chi connectivity index (χ2n) is 6.15. The van der Waals surface area contributed by atoms with Crippen molar-refractivity contribution in [3.05, 3.63) is 40.5 Å². The number of nitrogens with one attached hydrogen (secondary N) is 1. The standard InChI is InChI=1S/C16H23N5O3/c1-19-14(18-20(2)16(19)23)11-21-8-4-3-7-13(15(21)22)17-10-12-6-5-9-24-12/h5-6,9,13,17H,3-4,7-8,10-11H2,1-2H3. The molecule has 1 fully saturated rings. The molecule has 0 aromatic carbocycles. The van der Waals surface area contributed by atoms with Gasteiger partial charge in [0.05, 0.1) is 25.4 Å². The molecule has 0 bridgehead atoms. The predicted octanol–water partition coefficient (Wildman–Crippen LogP) is 0.383. The summed E-state index contributed by atoms with van der Waals surface area (Å²) in [6.07, 6.45) is 4.36. The highest BCUT2D eigenvalue weighted by atomic mass is 16.3. The zero-order chi connectivity index (χ0) is 17.1. The third-order valence-electron chi connectivity index (χ3n) is 4.43. The van der Waals surface area contributed by atoms with Crippen LogP contribution in [0.25, 0.3) is 0 Å². The van der Waals surface area contributed by atoms with Crippen molar-refractivity contribution in [1.82, 2.24) is 24.6 Å². The van der Waals surface area contributed by atoms with Crippen LogP contribution >= 0.6 is 0 Å². The van der Waals surface area contributed by atoms with E-state index in [0.29, 0.717) is 25.5 Å². The van der Waals surface area contributed by atoms with Gasteiger partial charge in [0.15, 0.2) is 5.82 Å². The van der Waals surface area contributed by atoms with Crippen LogP contribution < -0.4 is 11.0 Å². The first-order chi connectivity index (χ1) is 11.6. The van der Waals surface area contributed by atoms with Crippen molar-refractivity contribution in [3.63, 3.8) is 0 Å². The van der Waals surface area contributed by atoms with Crippen molar-refractivity contribution < 1.29 is 9.21 Å². The van der Waals surface area contributed by atoms with E-state index in [1.54, 1.807) is 25.3 Å². The zero-order valence-electron chi connectivity index (χ0n) is 14.1. The van der Waals surface area contributed by atoms with Crippen LogP contribution in [0.4, 0.5) is 0 Å². The summed E-state index contributed by atoms with van der Waals surface area (Å²) in [4.78, 5) is 26.4. The Hall–Kier alpha value is -2.35. The summed E-state index contributed by atoms with van der Waals surface area (Å²) in [5.41, 5.74) is -0.181. The lowest BCUT2D eigenvalue weighted by Gasteiger charge is -2.24. The average molecular weight is 333 g/mol. The number of likely N-dealkylation sites (tertiary alicyclic amines) is 1. The lowest BCUT2D eigenvalue weighted by molar-refractivity contribution is -0.133. The van der Waals surface area contributed by atoms with Crippen LogP contribution in [0.2, 0.25) is 0 Å². The fourth-order valence-corrected chi connectivity index (χ4v) is 3.01. The number of hydrogen-bond donors (Lipinski definition) is 1. The molecule has 1 N–H and O–H groups in total. The fraction of sp³-hybridized carbons (Fsp3) is 0.562. The van der Waals surface area contributed by atoms with Gasteiger partial charge in [-0.15, -0.1) is 0 Å². The number of amides is 1. The second kappa shape index (κ2) is 7.04. The van der Waals surface area contributed by atoms with E-state index >= 15 is 0 Å². The lowest BCUT2D eigenvalue weighted by Crippen LogP contribution is -2.45. The topological polar surface area (TPSA) is 85.3 Å². The normalized spacial score (nSPS) is 18.8. The van der Waals surface area contributed by atoms with Gasteiger partial charge in [0.1, 0.15) is 5.76 Å². The van der Waals surface area contributed by atoms with Gasteiger partial charge in [-0.2, -0.15) is 5.10 Å². The molecule has 0 saturated carbocycles. The molecule has 3 rings (SSSR count). The first-order valence-corrected chi connectivity index (χ1v) is 8.19. The molecule has 130 valence electrons. The number of rotatable bonds is 5. The molecule has 8 heteroatoms. The van der Waals surface area contributed by atoms with Crippen molar-refractivity contribution in [2.75, 3.05) is 6.54 Å². The van der Waals surface area contributed by atoms with Crippen LogP contribution in [-0.4, -0.2) is 37.7 Å². The van der Waals surface area contributed by atoms with E-state index in [1.807, 2.05) is 12.1 Å². The summed E-state index contributed by atoms with van der Waals surface area (Å²) in [7, 11) is 3.30. The molecule has 24 heavy (non-hydrogen) atoms. The smallest absolute Gasteiger partial charge is 0.345 e. The van der Waals surface area contributed by atoms with Crippen LogP contribution in [0.5, 0.6) is 0 Å². The maximum absolute atomic E-state index is 12.8. The maximum Gasteiger partial charge on any atom is 0.345 e. The van der Waals surface area contributed by atoms with Crippen LogP contribution in [0.1, 0.15) is 30.8 Å². The van der Waals surface area contributed by atoms with Crippen LogP contribution in [0, 0.1) is 0 Å². The Balaban J connectivity index is 1.69. The third-order valence-corrected chi connectivity index (χ3v) is 4.43. The van der Waals surface area contributed by atoms with Crippen molar-refractivity contribution in [3.8, 4) is 0 Å².